The van der Waals surface area contributed by atoms with Gasteiger partial charge in [-0.1, -0.05) is 48.5 Å². The molecule has 0 aliphatic heterocycles. The number of thiophene rings is 1. The van der Waals surface area contributed by atoms with Crippen LogP contribution in [-0.4, -0.2) is 18.7 Å². The van der Waals surface area contributed by atoms with Gasteiger partial charge in [0.2, 0.25) is 0 Å². The predicted octanol–water partition coefficient (Wildman–Crippen LogP) is 3.94. The van der Waals surface area contributed by atoms with E-state index in [1.807, 2.05) is 30.6 Å². The third-order valence-corrected chi connectivity index (χ3v) is 4.78. The topological polar surface area (TPSA) is 32.3 Å². The van der Waals surface area contributed by atoms with Gasteiger partial charge in [-0.3, -0.25) is 0 Å². The van der Waals surface area contributed by atoms with E-state index >= 15 is 0 Å². The van der Waals surface area contributed by atoms with E-state index in [1.165, 1.54) is 16.3 Å². The number of rotatable bonds is 5. The van der Waals surface area contributed by atoms with Gasteiger partial charge in [-0.2, -0.15) is 0 Å². The van der Waals surface area contributed by atoms with Gasteiger partial charge in [-0.05, 0) is 34.8 Å². The fourth-order valence-corrected chi connectivity index (χ4v) is 3.50. The smallest absolute Gasteiger partial charge is 0.0962 e. The van der Waals surface area contributed by atoms with Crippen LogP contribution < -0.4 is 5.32 Å². The molecule has 0 bridgehead atoms. The van der Waals surface area contributed by atoms with Crippen molar-refractivity contribution in [2.45, 2.75) is 12.0 Å². The Bertz CT molecular complexity index is 708. The van der Waals surface area contributed by atoms with Gasteiger partial charge >= 0.3 is 0 Å². The van der Waals surface area contributed by atoms with Gasteiger partial charge in [0.05, 0.1) is 6.10 Å². The molecule has 2 N–H and O–H groups in total. The number of nitrogens with one attached hydrogen (secondary N) is 1. The summed E-state index contributed by atoms with van der Waals surface area (Å²) in [5.41, 5.74) is 1.17. The summed E-state index contributed by atoms with van der Waals surface area (Å²) in [6.07, 6.45) is -0.474. The molecule has 0 amide bonds. The molecule has 0 spiro atoms. The lowest BCUT2D eigenvalue weighted by Crippen LogP contribution is -2.22. The fraction of sp³-hybridized carbons (Fsp3) is 0.222. The number of fused-ring (bicyclic) bond motifs is 1. The number of aliphatic hydroxyl groups is 1. The summed E-state index contributed by atoms with van der Waals surface area (Å²) in [5, 5.41) is 18.4. The van der Waals surface area contributed by atoms with E-state index in [9.17, 15) is 5.11 Å². The number of hydrogen-bond acceptors (Lipinski definition) is 3. The maximum absolute atomic E-state index is 10.7. The molecule has 3 heteroatoms. The molecular formula is C18H19NOS. The molecule has 0 aliphatic carbocycles. The van der Waals surface area contributed by atoms with Crippen molar-refractivity contribution in [1.29, 1.82) is 0 Å². The Balaban J connectivity index is 1.98. The van der Waals surface area contributed by atoms with E-state index in [-0.39, 0.29) is 5.92 Å². The Hall–Kier alpha value is -1.68. The molecular weight excluding hydrogens is 278 g/mol. The first-order chi connectivity index (χ1) is 10.3. The highest BCUT2D eigenvalue weighted by molar-refractivity contribution is 7.10. The fourth-order valence-electron chi connectivity index (χ4n) is 2.73. The van der Waals surface area contributed by atoms with Gasteiger partial charge in [0.1, 0.15) is 0 Å². The minimum Gasteiger partial charge on any atom is -0.387 e. The van der Waals surface area contributed by atoms with Crippen LogP contribution in [0, 0.1) is 0 Å². The van der Waals surface area contributed by atoms with Crippen LogP contribution in [0.1, 0.15) is 22.5 Å². The molecule has 108 valence electrons. The van der Waals surface area contributed by atoms with Gasteiger partial charge in [0, 0.05) is 17.3 Å². The lowest BCUT2D eigenvalue weighted by Gasteiger charge is -2.23. The van der Waals surface area contributed by atoms with Crippen molar-refractivity contribution in [3.05, 3.63) is 70.4 Å². The first kappa shape index (κ1) is 14.3. The first-order valence-electron chi connectivity index (χ1n) is 7.14. The van der Waals surface area contributed by atoms with E-state index in [0.717, 1.165) is 11.4 Å². The van der Waals surface area contributed by atoms with Gasteiger partial charge in [0.25, 0.3) is 0 Å². The second kappa shape index (κ2) is 6.39. The third-order valence-electron chi connectivity index (χ3n) is 3.84. The Morgan fingerprint density at radius 1 is 1.05 bits per heavy atom. The summed E-state index contributed by atoms with van der Waals surface area (Å²) in [6.45, 7) is 0.747. The molecule has 0 saturated heterocycles. The molecule has 2 aromatic carbocycles. The average Bonchev–Trinajstić information content (AvgIpc) is 3.06. The van der Waals surface area contributed by atoms with E-state index in [0.29, 0.717) is 0 Å². The summed E-state index contributed by atoms with van der Waals surface area (Å²) in [7, 11) is 1.93. The number of likely N-dealkylation sites (N-methyl/N-ethyl adjacent to an activating group) is 1. The molecule has 21 heavy (non-hydrogen) atoms. The molecule has 0 fully saturated rings. The van der Waals surface area contributed by atoms with Crippen molar-refractivity contribution in [3.63, 3.8) is 0 Å². The van der Waals surface area contributed by atoms with Crippen LogP contribution in [-0.2, 0) is 0 Å². The molecule has 0 radical (unpaired) electrons. The zero-order valence-electron chi connectivity index (χ0n) is 12.0. The van der Waals surface area contributed by atoms with Crippen molar-refractivity contribution in [3.8, 4) is 0 Å². The Labute approximate surface area is 129 Å². The highest BCUT2D eigenvalue weighted by Crippen LogP contribution is 2.34. The molecule has 3 aromatic rings. The van der Waals surface area contributed by atoms with Crippen LogP contribution >= 0.6 is 11.3 Å². The SMILES string of the molecule is CNCC(c1ccc2ccccc2c1)C(O)c1cccs1. The summed E-state index contributed by atoms with van der Waals surface area (Å²) >= 11 is 1.61. The van der Waals surface area contributed by atoms with Crippen LogP contribution in [0.4, 0.5) is 0 Å². The van der Waals surface area contributed by atoms with E-state index in [2.05, 4.69) is 41.7 Å². The second-order valence-corrected chi connectivity index (χ2v) is 6.21. The summed E-state index contributed by atoms with van der Waals surface area (Å²) in [4.78, 5) is 1.02. The molecule has 2 nitrogen and oxygen atoms in total. The molecule has 1 heterocycles. The van der Waals surface area contributed by atoms with Crippen LogP contribution in [0.25, 0.3) is 10.8 Å². The van der Waals surface area contributed by atoms with Crippen molar-refractivity contribution in [2.24, 2.45) is 0 Å². The first-order valence-corrected chi connectivity index (χ1v) is 8.02. The lowest BCUT2D eigenvalue weighted by molar-refractivity contribution is 0.148. The van der Waals surface area contributed by atoms with Crippen LogP contribution in [0.15, 0.2) is 60.0 Å². The van der Waals surface area contributed by atoms with Crippen molar-refractivity contribution < 1.29 is 5.11 Å². The maximum Gasteiger partial charge on any atom is 0.0962 e. The zero-order valence-corrected chi connectivity index (χ0v) is 12.8. The Kier molecular flexibility index (Phi) is 4.34. The zero-order chi connectivity index (χ0) is 14.7. The Morgan fingerprint density at radius 2 is 1.86 bits per heavy atom. The maximum atomic E-state index is 10.7. The molecule has 0 saturated carbocycles. The molecule has 2 atom stereocenters. The van der Waals surface area contributed by atoms with Gasteiger partial charge in [-0.25, -0.2) is 0 Å². The van der Waals surface area contributed by atoms with E-state index in [4.69, 9.17) is 0 Å². The monoisotopic (exact) mass is 297 g/mol. The summed E-state index contributed by atoms with van der Waals surface area (Å²) in [5.74, 6) is 0.0539. The third kappa shape index (κ3) is 3.00. The Morgan fingerprint density at radius 3 is 2.57 bits per heavy atom. The quantitative estimate of drug-likeness (QED) is 0.747. The van der Waals surface area contributed by atoms with E-state index < -0.39 is 6.10 Å². The normalized spacial score (nSPS) is 14.2. The predicted molar refractivity (Wildman–Crippen MR) is 89.9 cm³/mol. The summed E-state index contributed by atoms with van der Waals surface area (Å²) < 4.78 is 0. The highest BCUT2D eigenvalue weighted by Gasteiger charge is 2.23. The van der Waals surface area contributed by atoms with E-state index in [1.54, 1.807) is 11.3 Å². The molecule has 2 unspecified atom stereocenters. The second-order valence-electron chi connectivity index (χ2n) is 5.23. The average molecular weight is 297 g/mol. The largest absolute Gasteiger partial charge is 0.387 e. The minimum absolute atomic E-state index is 0.0539. The molecule has 0 aliphatic rings. The number of benzene rings is 2. The van der Waals surface area contributed by atoms with Gasteiger partial charge in [-0.15, -0.1) is 11.3 Å². The number of hydrogen-bond donors (Lipinski definition) is 2. The van der Waals surface area contributed by atoms with Crippen molar-refractivity contribution >= 4 is 22.1 Å². The van der Waals surface area contributed by atoms with Gasteiger partial charge in [0.15, 0.2) is 0 Å². The van der Waals surface area contributed by atoms with Crippen LogP contribution in [0.2, 0.25) is 0 Å². The van der Waals surface area contributed by atoms with Crippen LogP contribution in [0.5, 0.6) is 0 Å². The molecule has 3 rings (SSSR count). The van der Waals surface area contributed by atoms with Crippen molar-refractivity contribution in [2.75, 3.05) is 13.6 Å². The number of aliphatic hydroxyl groups excluding tert-OH is 1. The van der Waals surface area contributed by atoms with Crippen molar-refractivity contribution in [1.82, 2.24) is 5.32 Å². The summed E-state index contributed by atoms with van der Waals surface area (Å²) in [6, 6.07) is 18.8. The highest BCUT2D eigenvalue weighted by atomic mass is 32.1. The van der Waals surface area contributed by atoms with Gasteiger partial charge < -0.3 is 10.4 Å². The van der Waals surface area contributed by atoms with Crippen LogP contribution in [0.3, 0.4) is 0 Å². The molecule has 1 aromatic heterocycles. The lowest BCUT2D eigenvalue weighted by atomic mass is 9.90. The minimum atomic E-state index is -0.474. The standard InChI is InChI=1S/C18H19NOS/c1-19-12-16(18(20)17-7-4-10-21-17)15-9-8-13-5-2-3-6-14(13)11-15/h2-11,16,18-20H,12H2,1H3.